The molecule has 0 fully saturated rings. The molecular weight excluding hydrogens is 250 g/mol. The highest BCUT2D eigenvalue weighted by Gasteiger charge is 2.18. The van der Waals surface area contributed by atoms with Gasteiger partial charge in [-0.05, 0) is 24.0 Å². The molecule has 1 amide bonds. The molecule has 0 aliphatic rings. The van der Waals surface area contributed by atoms with E-state index < -0.39 is 0 Å². The Bertz CT molecular complexity index is 415. The van der Waals surface area contributed by atoms with Crippen LogP contribution in [0.2, 0.25) is 5.02 Å². The second kappa shape index (κ2) is 6.16. The van der Waals surface area contributed by atoms with Crippen LogP contribution < -0.4 is 11.1 Å². The van der Waals surface area contributed by atoms with Gasteiger partial charge in [0, 0.05) is 23.7 Å². The lowest BCUT2D eigenvalue weighted by molar-refractivity contribution is -0.116. The summed E-state index contributed by atoms with van der Waals surface area (Å²) in [5.41, 5.74) is 6.06. The monoisotopic (exact) mass is 269 g/mol. The van der Waals surface area contributed by atoms with Crippen molar-refractivity contribution in [2.45, 2.75) is 39.7 Å². The summed E-state index contributed by atoms with van der Waals surface area (Å²) in [5.74, 6) is 0.317. The van der Waals surface area contributed by atoms with Gasteiger partial charge in [-0.1, -0.05) is 32.4 Å². The molecule has 0 radical (unpaired) electrons. The number of nitrogens with zero attached hydrogens (tertiary/aromatic N) is 1. The normalized spacial score (nSPS) is 13.2. The van der Waals surface area contributed by atoms with Crippen LogP contribution in [0.3, 0.4) is 0 Å². The lowest BCUT2D eigenvalue weighted by Crippen LogP contribution is -2.31. The highest BCUT2D eigenvalue weighted by atomic mass is 35.5. The van der Waals surface area contributed by atoms with Crippen LogP contribution in [0.5, 0.6) is 0 Å². The van der Waals surface area contributed by atoms with Crippen molar-refractivity contribution < 1.29 is 4.79 Å². The zero-order valence-corrected chi connectivity index (χ0v) is 11.8. The predicted molar refractivity (Wildman–Crippen MR) is 74.5 cm³/mol. The summed E-state index contributed by atoms with van der Waals surface area (Å²) >= 11 is 5.81. The van der Waals surface area contributed by atoms with E-state index in [9.17, 15) is 4.79 Å². The van der Waals surface area contributed by atoms with Crippen molar-refractivity contribution in [2.75, 3.05) is 5.32 Å². The Morgan fingerprint density at radius 3 is 2.78 bits per heavy atom. The maximum Gasteiger partial charge on any atom is 0.227 e. The van der Waals surface area contributed by atoms with Gasteiger partial charge in [-0.2, -0.15) is 0 Å². The Morgan fingerprint density at radius 1 is 1.56 bits per heavy atom. The molecule has 1 atom stereocenters. The van der Waals surface area contributed by atoms with Crippen LogP contribution in [0, 0.1) is 5.41 Å². The smallest absolute Gasteiger partial charge is 0.227 e. The Labute approximate surface area is 113 Å². The maximum absolute atomic E-state index is 11.7. The van der Waals surface area contributed by atoms with Gasteiger partial charge in [-0.15, -0.1) is 0 Å². The third-order valence-electron chi connectivity index (χ3n) is 2.31. The molecule has 0 aliphatic carbocycles. The molecular formula is C13H20ClN3O. The standard InChI is InChI=1S/C13H20ClN3O/c1-13(2,3)8-10(15)7-12(18)17-11-6-9(14)4-5-16-11/h4-6,10H,7-8,15H2,1-3H3,(H,16,17,18). The largest absolute Gasteiger partial charge is 0.327 e. The van der Waals surface area contributed by atoms with Gasteiger partial charge in [0.25, 0.3) is 0 Å². The van der Waals surface area contributed by atoms with E-state index in [0.717, 1.165) is 6.42 Å². The molecule has 1 heterocycles. The van der Waals surface area contributed by atoms with E-state index in [1.54, 1.807) is 18.3 Å². The Balaban J connectivity index is 2.47. The van der Waals surface area contributed by atoms with Gasteiger partial charge < -0.3 is 11.1 Å². The second-order valence-corrected chi connectivity index (χ2v) is 6.07. The molecule has 18 heavy (non-hydrogen) atoms. The van der Waals surface area contributed by atoms with Crippen LogP contribution >= 0.6 is 11.6 Å². The first-order valence-electron chi connectivity index (χ1n) is 5.93. The number of carbonyl (C=O) groups is 1. The predicted octanol–water partition coefficient (Wildman–Crippen LogP) is 2.83. The summed E-state index contributed by atoms with van der Waals surface area (Å²) in [5, 5.41) is 3.23. The van der Waals surface area contributed by atoms with Crippen molar-refractivity contribution in [1.82, 2.24) is 4.98 Å². The Morgan fingerprint density at radius 2 is 2.22 bits per heavy atom. The summed E-state index contributed by atoms with van der Waals surface area (Å²) < 4.78 is 0. The van der Waals surface area contributed by atoms with Gasteiger partial charge >= 0.3 is 0 Å². The van der Waals surface area contributed by atoms with Gasteiger partial charge in [0.2, 0.25) is 5.91 Å². The molecule has 0 saturated carbocycles. The molecule has 0 bridgehead atoms. The molecule has 0 aromatic carbocycles. The van der Waals surface area contributed by atoms with Gasteiger partial charge in [0.1, 0.15) is 5.82 Å². The molecule has 1 aromatic rings. The van der Waals surface area contributed by atoms with Gasteiger partial charge in [-0.3, -0.25) is 4.79 Å². The summed E-state index contributed by atoms with van der Waals surface area (Å²) in [6.45, 7) is 6.30. The van der Waals surface area contributed by atoms with Crippen molar-refractivity contribution in [2.24, 2.45) is 11.1 Å². The first-order chi connectivity index (χ1) is 8.26. The quantitative estimate of drug-likeness (QED) is 0.883. The van der Waals surface area contributed by atoms with Crippen molar-refractivity contribution >= 4 is 23.3 Å². The molecule has 1 rings (SSSR count). The van der Waals surface area contributed by atoms with E-state index in [0.29, 0.717) is 10.8 Å². The van der Waals surface area contributed by atoms with E-state index >= 15 is 0 Å². The lowest BCUT2D eigenvalue weighted by Gasteiger charge is -2.22. The van der Waals surface area contributed by atoms with E-state index in [-0.39, 0.29) is 23.8 Å². The summed E-state index contributed by atoms with van der Waals surface area (Å²) in [6, 6.07) is 3.11. The highest BCUT2D eigenvalue weighted by Crippen LogP contribution is 2.21. The molecule has 1 aromatic heterocycles. The van der Waals surface area contributed by atoms with Crippen molar-refractivity contribution in [3.05, 3.63) is 23.4 Å². The molecule has 5 heteroatoms. The van der Waals surface area contributed by atoms with E-state index in [1.807, 2.05) is 0 Å². The molecule has 100 valence electrons. The summed E-state index contributed by atoms with van der Waals surface area (Å²) in [4.78, 5) is 15.8. The van der Waals surface area contributed by atoms with Crippen LogP contribution in [0.1, 0.15) is 33.6 Å². The average Bonchev–Trinajstić information content (AvgIpc) is 2.13. The minimum Gasteiger partial charge on any atom is -0.327 e. The first kappa shape index (κ1) is 14.9. The number of nitrogens with two attached hydrogens (primary N) is 1. The number of pyridine rings is 1. The molecule has 3 N–H and O–H groups in total. The number of amides is 1. The van der Waals surface area contributed by atoms with Crippen LogP contribution in [-0.4, -0.2) is 16.9 Å². The van der Waals surface area contributed by atoms with Crippen LogP contribution in [0.4, 0.5) is 5.82 Å². The minimum atomic E-state index is -0.149. The van der Waals surface area contributed by atoms with Gasteiger partial charge in [0.05, 0.1) is 0 Å². The highest BCUT2D eigenvalue weighted by molar-refractivity contribution is 6.30. The molecule has 0 saturated heterocycles. The molecule has 4 nitrogen and oxygen atoms in total. The van der Waals surface area contributed by atoms with Crippen LogP contribution in [-0.2, 0) is 4.79 Å². The van der Waals surface area contributed by atoms with Crippen molar-refractivity contribution in [3.63, 3.8) is 0 Å². The molecule has 0 spiro atoms. The minimum absolute atomic E-state index is 0.119. The van der Waals surface area contributed by atoms with E-state index in [1.165, 1.54) is 0 Å². The van der Waals surface area contributed by atoms with Gasteiger partial charge in [-0.25, -0.2) is 4.98 Å². The zero-order valence-electron chi connectivity index (χ0n) is 11.0. The van der Waals surface area contributed by atoms with Crippen LogP contribution in [0.15, 0.2) is 18.3 Å². The molecule has 1 unspecified atom stereocenters. The lowest BCUT2D eigenvalue weighted by atomic mass is 9.87. The third-order valence-corrected chi connectivity index (χ3v) is 2.55. The Hall–Kier alpha value is -1.13. The summed E-state index contributed by atoms with van der Waals surface area (Å²) in [7, 11) is 0. The number of hydrogen-bond acceptors (Lipinski definition) is 3. The average molecular weight is 270 g/mol. The molecule has 0 aliphatic heterocycles. The number of rotatable bonds is 4. The Kier molecular flexibility index (Phi) is 5.11. The van der Waals surface area contributed by atoms with Gasteiger partial charge in [0.15, 0.2) is 0 Å². The fourth-order valence-electron chi connectivity index (χ4n) is 1.76. The first-order valence-corrected chi connectivity index (χ1v) is 6.31. The SMILES string of the molecule is CC(C)(C)CC(N)CC(=O)Nc1cc(Cl)ccn1. The fraction of sp³-hybridized carbons (Fsp3) is 0.538. The topological polar surface area (TPSA) is 68.0 Å². The summed E-state index contributed by atoms with van der Waals surface area (Å²) in [6.07, 6.45) is 2.63. The number of nitrogens with one attached hydrogen (secondary N) is 1. The number of halogens is 1. The maximum atomic E-state index is 11.7. The second-order valence-electron chi connectivity index (χ2n) is 5.64. The number of carbonyl (C=O) groups excluding carboxylic acids is 1. The van der Waals surface area contributed by atoms with E-state index in [2.05, 4.69) is 31.1 Å². The number of anilines is 1. The zero-order chi connectivity index (χ0) is 13.8. The van der Waals surface area contributed by atoms with Crippen molar-refractivity contribution in [3.8, 4) is 0 Å². The fourth-order valence-corrected chi connectivity index (χ4v) is 1.92. The third kappa shape index (κ3) is 5.98. The van der Waals surface area contributed by atoms with Crippen LogP contribution in [0.25, 0.3) is 0 Å². The van der Waals surface area contributed by atoms with E-state index in [4.69, 9.17) is 17.3 Å². The number of hydrogen-bond donors (Lipinski definition) is 2. The number of aromatic nitrogens is 1. The van der Waals surface area contributed by atoms with Crippen molar-refractivity contribution in [1.29, 1.82) is 0 Å².